The van der Waals surface area contributed by atoms with Crippen LogP contribution >= 0.6 is 23.4 Å². The first kappa shape index (κ1) is 10.3. The summed E-state index contributed by atoms with van der Waals surface area (Å²) >= 11 is 7.08. The van der Waals surface area contributed by atoms with Crippen molar-refractivity contribution in [1.29, 1.82) is 0 Å². The van der Waals surface area contributed by atoms with Crippen molar-refractivity contribution in [2.24, 2.45) is 0 Å². The summed E-state index contributed by atoms with van der Waals surface area (Å²) in [6.07, 6.45) is 4.98. The minimum atomic E-state index is 0.424. The van der Waals surface area contributed by atoms with Gasteiger partial charge in [-0.2, -0.15) is 0 Å². The SMILES string of the molecule is Cc1cncc(Sc2nccc(Cl)n2)n1. The van der Waals surface area contributed by atoms with E-state index in [1.807, 2.05) is 6.92 Å². The van der Waals surface area contributed by atoms with E-state index in [0.717, 1.165) is 10.7 Å². The van der Waals surface area contributed by atoms with E-state index in [4.69, 9.17) is 11.6 Å². The van der Waals surface area contributed by atoms with Crippen molar-refractivity contribution in [3.8, 4) is 0 Å². The summed E-state index contributed by atoms with van der Waals surface area (Å²) in [7, 11) is 0. The Hall–Kier alpha value is -1.20. The lowest BCUT2D eigenvalue weighted by Crippen LogP contribution is -1.89. The largest absolute Gasteiger partial charge is 0.260 e. The van der Waals surface area contributed by atoms with E-state index in [0.29, 0.717) is 10.3 Å². The maximum absolute atomic E-state index is 5.74. The molecular weight excluding hydrogens is 232 g/mol. The third-order valence-corrected chi connectivity index (χ3v) is 2.52. The van der Waals surface area contributed by atoms with Gasteiger partial charge >= 0.3 is 0 Å². The monoisotopic (exact) mass is 238 g/mol. The third kappa shape index (κ3) is 2.87. The Bertz CT molecular complexity index is 434. The van der Waals surface area contributed by atoms with Gasteiger partial charge in [0.15, 0.2) is 5.16 Å². The molecule has 0 amide bonds. The van der Waals surface area contributed by atoms with Gasteiger partial charge in [-0.25, -0.2) is 15.0 Å². The molecular formula is C9H7ClN4S. The van der Waals surface area contributed by atoms with Crippen LogP contribution < -0.4 is 0 Å². The zero-order valence-electron chi connectivity index (χ0n) is 7.88. The van der Waals surface area contributed by atoms with Gasteiger partial charge in [-0.05, 0) is 24.8 Å². The molecule has 6 heteroatoms. The average Bonchev–Trinajstić information content (AvgIpc) is 2.17. The van der Waals surface area contributed by atoms with Crippen LogP contribution in [0.1, 0.15) is 5.69 Å². The Morgan fingerprint density at radius 3 is 2.87 bits per heavy atom. The van der Waals surface area contributed by atoms with Crippen LogP contribution in [0.5, 0.6) is 0 Å². The number of halogens is 1. The fourth-order valence-corrected chi connectivity index (χ4v) is 1.89. The Morgan fingerprint density at radius 1 is 1.27 bits per heavy atom. The molecule has 0 aliphatic rings. The molecule has 2 aromatic heterocycles. The molecule has 15 heavy (non-hydrogen) atoms. The fraction of sp³-hybridized carbons (Fsp3) is 0.111. The van der Waals surface area contributed by atoms with Crippen LogP contribution in [0.15, 0.2) is 34.8 Å². The normalized spacial score (nSPS) is 10.3. The van der Waals surface area contributed by atoms with Crippen LogP contribution in [0, 0.1) is 6.92 Å². The highest BCUT2D eigenvalue weighted by Crippen LogP contribution is 2.22. The molecule has 0 saturated carbocycles. The second kappa shape index (κ2) is 4.55. The zero-order valence-corrected chi connectivity index (χ0v) is 9.46. The first-order chi connectivity index (χ1) is 7.24. The topological polar surface area (TPSA) is 51.6 Å². The molecule has 0 fully saturated rings. The number of aryl methyl sites for hydroxylation is 1. The predicted octanol–water partition coefficient (Wildman–Crippen LogP) is 2.38. The molecule has 0 aliphatic carbocycles. The van der Waals surface area contributed by atoms with Gasteiger partial charge in [0.1, 0.15) is 10.2 Å². The van der Waals surface area contributed by atoms with Crippen molar-refractivity contribution in [2.75, 3.05) is 0 Å². The maximum atomic E-state index is 5.74. The number of nitrogens with zero attached hydrogens (tertiary/aromatic N) is 4. The van der Waals surface area contributed by atoms with E-state index in [2.05, 4.69) is 19.9 Å². The Kier molecular flexibility index (Phi) is 3.13. The van der Waals surface area contributed by atoms with E-state index in [1.165, 1.54) is 11.8 Å². The molecule has 0 atom stereocenters. The van der Waals surface area contributed by atoms with E-state index in [1.54, 1.807) is 24.7 Å². The second-order valence-electron chi connectivity index (χ2n) is 2.76. The molecule has 2 aromatic rings. The highest BCUT2D eigenvalue weighted by Gasteiger charge is 2.02. The molecule has 0 aliphatic heterocycles. The number of rotatable bonds is 2. The van der Waals surface area contributed by atoms with Crippen LogP contribution in [0.3, 0.4) is 0 Å². The van der Waals surface area contributed by atoms with E-state index in [-0.39, 0.29) is 0 Å². The molecule has 0 bridgehead atoms. The van der Waals surface area contributed by atoms with Crippen molar-refractivity contribution >= 4 is 23.4 Å². The Labute approximate surface area is 96.2 Å². The molecule has 0 spiro atoms. The number of aromatic nitrogens is 4. The minimum absolute atomic E-state index is 0.424. The summed E-state index contributed by atoms with van der Waals surface area (Å²) in [5.74, 6) is 0. The van der Waals surface area contributed by atoms with Crippen molar-refractivity contribution in [3.05, 3.63) is 35.5 Å². The van der Waals surface area contributed by atoms with E-state index in [9.17, 15) is 0 Å². The summed E-state index contributed by atoms with van der Waals surface area (Å²) < 4.78 is 0. The molecule has 2 rings (SSSR count). The lowest BCUT2D eigenvalue weighted by atomic mass is 10.5. The van der Waals surface area contributed by atoms with Crippen molar-refractivity contribution < 1.29 is 0 Å². The summed E-state index contributed by atoms with van der Waals surface area (Å²) in [6.45, 7) is 1.88. The first-order valence-corrected chi connectivity index (χ1v) is 5.38. The molecule has 0 N–H and O–H groups in total. The van der Waals surface area contributed by atoms with Crippen LogP contribution in [0.4, 0.5) is 0 Å². The zero-order chi connectivity index (χ0) is 10.7. The first-order valence-electron chi connectivity index (χ1n) is 4.19. The molecule has 0 radical (unpaired) electrons. The quantitative estimate of drug-likeness (QED) is 0.594. The minimum Gasteiger partial charge on any atom is -0.260 e. The lowest BCUT2D eigenvalue weighted by Gasteiger charge is -1.99. The van der Waals surface area contributed by atoms with Gasteiger partial charge < -0.3 is 0 Å². The summed E-state index contributed by atoms with van der Waals surface area (Å²) in [5.41, 5.74) is 0.863. The maximum Gasteiger partial charge on any atom is 0.195 e. The van der Waals surface area contributed by atoms with Crippen LogP contribution in [-0.2, 0) is 0 Å². The van der Waals surface area contributed by atoms with Gasteiger partial charge in [0, 0.05) is 12.4 Å². The van der Waals surface area contributed by atoms with Gasteiger partial charge in [-0.1, -0.05) is 11.6 Å². The standard InChI is InChI=1S/C9H7ClN4S/c1-6-4-11-5-8(13-6)15-9-12-3-2-7(10)14-9/h2-5H,1H3. The average molecular weight is 239 g/mol. The van der Waals surface area contributed by atoms with Gasteiger partial charge in [-0.15, -0.1) is 0 Å². The smallest absolute Gasteiger partial charge is 0.195 e. The van der Waals surface area contributed by atoms with Crippen molar-refractivity contribution in [2.45, 2.75) is 17.1 Å². The molecule has 2 heterocycles. The third-order valence-electron chi connectivity index (χ3n) is 1.53. The van der Waals surface area contributed by atoms with Crippen LogP contribution in [0.2, 0.25) is 5.15 Å². The molecule has 4 nitrogen and oxygen atoms in total. The summed E-state index contributed by atoms with van der Waals surface area (Å²) in [6, 6.07) is 1.63. The number of hydrogen-bond acceptors (Lipinski definition) is 5. The van der Waals surface area contributed by atoms with Gasteiger partial charge in [0.2, 0.25) is 0 Å². The Morgan fingerprint density at radius 2 is 2.13 bits per heavy atom. The van der Waals surface area contributed by atoms with Crippen molar-refractivity contribution in [3.63, 3.8) is 0 Å². The van der Waals surface area contributed by atoms with E-state index < -0.39 is 0 Å². The van der Waals surface area contributed by atoms with Crippen LogP contribution in [-0.4, -0.2) is 19.9 Å². The fourth-order valence-electron chi connectivity index (χ4n) is 0.952. The van der Waals surface area contributed by atoms with Gasteiger partial charge in [-0.3, -0.25) is 4.98 Å². The van der Waals surface area contributed by atoms with E-state index >= 15 is 0 Å². The molecule has 0 unspecified atom stereocenters. The summed E-state index contributed by atoms with van der Waals surface area (Å²) in [5, 5.41) is 1.76. The van der Waals surface area contributed by atoms with Crippen molar-refractivity contribution in [1.82, 2.24) is 19.9 Å². The highest BCUT2D eigenvalue weighted by atomic mass is 35.5. The van der Waals surface area contributed by atoms with Gasteiger partial charge in [0.25, 0.3) is 0 Å². The highest BCUT2D eigenvalue weighted by molar-refractivity contribution is 7.99. The second-order valence-corrected chi connectivity index (χ2v) is 4.14. The Balaban J connectivity index is 2.22. The van der Waals surface area contributed by atoms with Crippen LogP contribution in [0.25, 0.3) is 0 Å². The van der Waals surface area contributed by atoms with Gasteiger partial charge in [0.05, 0.1) is 11.9 Å². The number of hydrogen-bond donors (Lipinski definition) is 0. The summed E-state index contributed by atoms with van der Waals surface area (Å²) in [4.78, 5) is 16.4. The molecule has 0 saturated heterocycles. The molecule has 0 aromatic carbocycles. The molecule has 76 valence electrons. The predicted molar refractivity (Wildman–Crippen MR) is 57.9 cm³/mol. The lowest BCUT2D eigenvalue weighted by molar-refractivity contribution is 0.946.